The number of nitriles is 1. The standard InChI is InChI=1S/C10H17N3/c11-8-9(12)7-10-3-1-5-13(10)6-2-4-10/h9H,1-7,12H2. The van der Waals surface area contributed by atoms with Gasteiger partial charge in [0.2, 0.25) is 0 Å². The molecule has 1 atom stereocenters. The Bertz CT molecular complexity index is 221. The second-order valence-corrected chi connectivity index (χ2v) is 4.36. The van der Waals surface area contributed by atoms with Crippen LogP contribution in [0.4, 0.5) is 0 Å². The molecule has 0 aromatic heterocycles. The van der Waals surface area contributed by atoms with Crippen LogP contribution in [-0.4, -0.2) is 29.6 Å². The van der Waals surface area contributed by atoms with Crippen molar-refractivity contribution >= 4 is 0 Å². The summed E-state index contributed by atoms with van der Waals surface area (Å²) in [6, 6.07) is 1.89. The lowest BCUT2D eigenvalue weighted by atomic mass is 9.87. The van der Waals surface area contributed by atoms with Crippen molar-refractivity contribution < 1.29 is 0 Å². The first-order chi connectivity index (χ1) is 6.27. The topological polar surface area (TPSA) is 53.1 Å². The Labute approximate surface area is 79.5 Å². The van der Waals surface area contributed by atoms with Gasteiger partial charge < -0.3 is 5.73 Å². The van der Waals surface area contributed by atoms with E-state index in [1.54, 1.807) is 0 Å². The molecule has 0 aromatic rings. The second-order valence-electron chi connectivity index (χ2n) is 4.36. The summed E-state index contributed by atoms with van der Waals surface area (Å²) >= 11 is 0. The summed E-state index contributed by atoms with van der Waals surface area (Å²) in [5.74, 6) is 0. The molecule has 2 aliphatic heterocycles. The number of nitrogens with two attached hydrogens (primary N) is 1. The number of fused-ring (bicyclic) bond motifs is 1. The van der Waals surface area contributed by atoms with E-state index in [2.05, 4.69) is 11.0 Å². The summed E-state index contributed by atoms with van der Waals surface area (Å²) in [5, 5.41) is 8.72. The molecule has 2 rings (SSSR count). The van der Waals surface area contributed by atoms with Gasteiger partial charge in [-0.1, -0.05) is 0 Å². The van der Waals surface area contributed by atoms with Gasteiger partial charge in [-0.25, -0.2) is 0 Å². The van der Waals surface area contributed by atoms with Crippen molar-refractivity contribution in [3.8, 4) is 6.07 Å². The summed E-state index contributed by atoms with van der Waals surface area (Å²) < 4.78 is 0. The van der Waals surface area contributed by atoms with Crippen LogP contribution < -0.4 is 5.73 Å². The first-order valence-corrected chi connectivity index (χ1v) is 5.17. The maximum absolute atomic E-state index is 8.72. The van der Waals surface area contributed by atoms with Gasteiger partial charge in [-0.2, -0.15) is 5.26 Å². The zero-order valence-electron chi connectivity index (χ0n) is 8.00. The van der Waals surface area contributed by atoms with Crippen molar-refractivity contribution in [3.63, 3.8) is 0 Å². The van der Waals surface area contributed by atoms with E-state index < -0.39 is 0 Å². The first-order valence-electron chi connectivity index (χ1n) is 5.17. The van der Waals surface area contributed by atoms with E-state index in [1.165, 1.54) is 38.8 Å². The van der Waals surface area contributed by atoms with Crippen molar-refractivity contribution in [1.29, 1.82) is 5.26 Å². The Hall–Kier alpha value is -0.590. The van der Waals surface area contributed by atoms with Crippen molar-refractivity contribution in [2.24, 2.45) is 5.73 Å². The van der Waals surface area contributed by atoms with Crippen molar-refractivity contribution in [2.45, 2.75) is 43.7 Å². The summed E-state index contributed by atoms with van der Waals surface area (Å²) in [7, 11) is 0. The highest BCUT2D eigenvalue weighted by atomic mass is 15.2. The van der Waals surface area contributed by atoms with Crippen LogP contribution in [0.2, 0.25) is 0 Å². The van der Waals surface area contributed by atoms with E-state index in [0.29, 0.717) is 5.54 Å². The number of nitrogens with zero attached hydrogens (tertiary/aromatic N) is 2. The Morgan fingerprint density at radius 3 is 2.54 bits per heavy atom. The molecule has 2 aliphatic rings. The van der Waals surface area contributed by atoms with E-state index in [0.717, 1.165) is 6.42 Å². The lowest BCUT2D eigenvalue weighted by Gasteiger charge is -2.32. The number of hydrogen-bond acceptors (Lipinski definition) is 3. The Morgan fingerprint density at radius 1 is 1.38 bits per heavy atom. The average Bonchev–Trinajstić information content (AvgIpc) is 2.62. The zero-order valence-corrected chi connectivity index (χ0v) is 8.00. The molecular formula is C10H17N3. The minimum atomic E-state index is -0.265. The Morgan fingerprint density at radius 2 is 2.00 bits per heavy atom. The Balaban J connectivity index is 2.06. The second kappa shape index (κ2) is 3.28. The normalized spacial score (nSPS) is 28.3. The van der Waals surface area contributed by atoms with Gasteiger partial charge in [0.25, 0.3) is 0 Å². The average molecular weight is 179 g/mol. The molecule has 0 bridgehead atoms. The molecular weight excluding hydrogens is 162 g/mol. The third-order valence-electron chi connectivity index (χ3n) is 3.58. The molecule has 2 N–H and O–H groups in total. The van der Waals surface area contributed by atoms with E-state index in [1.807, 2.05) is 0 Å². The van der Waals surface area contributed by atoms with Crippen molar-refractivity contribution in [2.75, 3.05) is 13.1 Å². The minimum absolute atomic E-state index is 0.265. The molecule has 1 unspecified atom stereocenters. The third-order valence-corrected chi connectivity index (χ3v) is 3.58. The SMILES string of the molecule is N#CC(N)CC12CCCN1CCC2. The molecule has 0 saturated carbocycles. The number of hydrogen-bond donors (Lipinski definition) is 1. The summed E-state index contributed by atoms with van der Waals surface area (Å²) in [6.45, 7) is 2.44. The van der Waals surface area contributed by atoms with Crippen molar-refractivity contribution in [3.05, 3.63) is 0 Å². The van der Waals surface area contributed by atoms with Crippen LogP contribution >= 0.6 is 0 Å². The summed E-state index contributed by atoms with van der Waals surface area (Å²) in [5.41, 5.74) is 6.03. The van der Waals surface area contributed by atoms with Crippen LogP contribution in [0.1, 0.15) is 32.1 Å². The van der Waals surface area contributed by atoms with Crippen LogP contribution in [0.3, 0.4) is 0 Å². The van der Waals surface area contributed by atoms with Gasteiger partial charge in [-0.05, 0) is 45.2 Å². The van der Waals surface area contributed by atoms with Gasteiger partial charge >= 0.3 is 0 Å². The predicted molar refractivity (Wildman–Crippen MR) is 51.0 cm³/mol. The predicted octanol–water partition coefficient (Wildman–Crippen LogP) is 0.856. The quantitative estimate of drug-likeness (QED) is 0.684. The van der Waals surface area contributed by atoms with Crippen LogP contribution in [0.5, 0.6) is 0 Å². The largest absolute Gasteiger partial charge is 0.316 e. The molecule has 0 aliphatic carbocycles. The van der Waals surface area contributed by atoms with Gasteiger partial charge in [0.15, 0.2) is 0 Å². The van der Waals surface area contributed by atoms with Gasteiger partial charge in [-0.15, -0.1) is 0 Å². The van der Waals surface area contributed by atoms with Crippen LogP contribution in [-0.2, 0) is 0 Å². The van der Waals surface area contributed by atoms with E-state index >= 15 is 0 Å². The summed E-state index contributed by atoms with van der Waals surface area (Å²) in [4.78, 5) is 2.55. The highest BCUT2D eigenvalue weighted by molar-refractivity contribution is 5.05. The molecule has 72 valence electrons. The molecule has 2 heterocycles. The van der Waals surface area contributed by atoms with Gasteiger partial charge in [0, 0.05) is 5.54 Å². The fourth-order valence-corrected chi connectivity index (χ4v) is 3.01. The first kappa shape index (κ1) is 8.98. The van der Waals surface area contributed by atoms with Crippen molar-refractivity contribution in [1.82, 2.24) is 4.90 Å². The zero-order chi connectivity index (χ0) is 9.31. The minimum Gasteiger partial charge on any atom is -0.316 e. The fourth-order valence-electron chi connectivity index (χ4n) is 3.01. The molecule has 13 heavy (non-hydrogen) atoms. The number of rotatable bonds is 2. The van der Waals surface area contributed by atoms with E-state index in [4.69, 9.17) is 11.0 Å². The molecule has 2 fully saturated rings. The fraction of sp³-hybridized carbons (Fsp3) is 0.900. The smallest absolute Gasteiger partial charge is 0.0945 e. The molecule has 0 spiro atoms. The van der Waals surface area contributed by atoms with Gasteiger partial charge in [0.05, 0.1) is 12.1 Å². The third kappa shape index (κ3) is 1.45. The van der Waals surface area contributed by atoms with E-state index in [9.17, 15) is 0 Å². The summed E-state index contributed by atoms with van der Waals surface area (Å²) in [6.07, 6.45) is 5.96. The highest BCUT2D eigenvalue weighted by Crippen LogP contribution is 2.41. The molecule has 0 amide bonds. The molecule has 3 nitrogen and oxygen atoms in total. The lowest BCUT2D eigenvalue weighted by Crippen LogP contribution is -2.42. The van der Waals surface area contributed by atoms with Crippen LogP contribution in [0, 0.1) is 11.3 Å². The van der Waals surface area contributed by atoms with Gasteiger partial charge in [-0.3, -0.25) is 4.90 Å². The monoisotopic (exact) mass is 179 g/mol. The molecule has 3 heteroatoms. The maximum Gasteiger partial charge on any atom is 0.0945 e. The maximum atomic E-state index is 8.72. The van der Waals surface area contributed by atoms with E-state index in [-0.39, 0.29) is 6.04 Å². The highest BCUT2D eigenvalue weighted by Gasteiger charge is 2.44. The van der Waals surface area contributed by atoms with Crippen LogP contribution in [0.15, 0.2) is 0 Å². The Kier molecular flexibility index (Phi) is 2.27. The lowest BCUT2D eigenvalue weighted by molar-refractivity contribution is 0.178. The molecule has 2 saturated heterocycles. The van der Waals surface area contributed by atoms with Crippen LogP contribution in [0.25, 0.3) is 0 Å². The molecule has 0 aromatic carbocycles. The van der Waals surface area contributed by atoms with Gasteiger partial charge in [0.1, 0.15) is 0 Å². The molecule has 0 radical (unpaired) electrons.